The lowest BCUT2D eigenvalue weighted by Crippen LogP contribution is -2.63. The van der Waals surface area contributed by atoms with Crippen LogP contribution in [0.1, 0.15) is 62.4 Å². The first-order valence-electron chi connectivity index (χ1n) is 12.6. The molecule has 36 heavy (non-hydrogen) atoms. The molecule has 4 fully saturated rings. The molecule has 2 heterocycles. The summed E-state index contributed by atoms with van der Waals surface area (Å²) in [6.45, 7) is 0. The molecule has 0 spiro atoms. The second-order valence-corrected chi connectivity index (χ2v) is 10.6. The molecule has 7 nitrogen and oxygen atoms in total. The zero-order valence-electron chi connectivity index (χ0n) is 20.3. The summed E-state index contributed by atoms with van der Waals surface area (Å²) in [5.41, 5.74) is 3.23. The highest BCUT2D eigenvalue weighted by molar-refractivity contribution is 6.35. The predicted octanol–water partition coefficient (Wildman–Crippen LogP) is 5.99. The van der Waals surface area contributed by atoms with Crippen LogP contribution in [0.2, 0.25) is 5.02 Å². The monoisotopic (exact) mass is 500 g/mol. The van der Waals surface area contributed by atoms with Gasteiger partial charge < -0.3 is 10.6 Å². The van der Waals surface area contributed by atoms with E-state index in [-0.39, 0.29) is 11.4 Å². The van der Waals surface area contributed by atoms with E-state index in [1.807, 2.05) is 6.07 Å². The summed E-state index contributed by atoms with van der Waals surface area (Å²) in [7, 11) is 0. The van der Waals surface area contributed by atoms with Crippen LogP contribution in [0.5, 0.6) is 0 Å². The van der Waals surface area contributed by atoms with Crippen molar-refractivity contribution in [3.63, 3.8) is 0 Å². The molecule has 180 valence electrons. The van der Waals surface area contributed by atoms with Crippen molar-refractivity contribution in [2.45, 2.75) is 49.7 Å². The smallest absolute Gasteiger partial charge is 0.123 e. The number of pyridine rings is 1. The molecule has 0 aliphatic heterocycles. The molecule has 4 aromatic rings. The zero-order valence-corrected chi connectivity index (χ0v) is 20.1. The first-order valence-corrected chi connectivity index (χ1v) is 12.5. The van der Waals surface area contributed by atoms with E-state index in [1.54, 1.807) is 35.3 Å². The molecule has 4 aliphatic carbocycles. The molecule has 9 heteroatoms. The highest BCUT2D eigenvalue weighted by atomic mass is 35.5. The van der Waals surface area contributed by atoms with Crippen molar-refractivity contribution in [2.75, 3.05) is 10.6 Å². The van der Waals surface area contributed by atoms with Crippen molar-refractivity contribution < 1.29 is 5.76 Å². The topological polar surface area (TPSA) is 91.5 Å². The first kappa shape index (κ1) is 20.5. The molecular formula is C27H23ClFN7. The number of halogens is 2. The lowest BCUT2D eigenvalue weighted by molar-refractivity contribution is 0.00222. The molecule has 0 amide bonds. The van der Waals surface area contributed by atoms with Gasteiger partial charge in [0.15, 0.2) is 0 Å². The van der Waals surface area contributed by atoms with Gasteiger partial charge in [-0.15, -0.1) is 5.10 Å². The van der Waals surface area contributed by atoms with Crippen molar-refractivity contribution in [1.82, 2.24) is 20.0 Å². The number of rotatable bonds is 7. The Bertz CT molecular complexity index is 1580. The number of nitriles is 1. The van der Waals surface area contributed by atoms with E-state index in [9.17, 15) is 11.0 Å². The molecule has 0 saturated heterocycles. The summed E-state index contributed by atoms with van der Waals surface area (Å²) in [4.78, 5) is 4.46. The summed E-state index contributed by atoms with van der Waals surface area (Å²) in [5, 5.41) is 26.4. The van der Waals surface area contributed by atoms with Gasteiger partial charge in [0.05, 0.1) is 41.4 Å². The average Bonchev–Trinajstić information content (AvgIpc) is 3.56. The first-order chi connectivity index (χ1) is 17.9. The van der Waals surface area contributed by atoms with Crippen LogP contribution < -0.4 is 10.6 Å². The lowest BCUT2D eigenvalue weighted by Gasteiger charge is -2.62. The van der Waals surface area contributed by atoms with Gasteiger partial charge in [0.2, 0.25) is 0 Å². The minimum atomic E-state index is -1.57. The summed E-state index contributed by atoms with van der Waals surface area (Å²) in [5.74, 6) is 0.386. The maximum Gasteiger partial charge on any atom is 0.123 e. The molecule has 1 atom stereocenters. The molecule has 2 N–H and O–H groups in total. The third-order valence-electron chi connectivity index (χ3n) is 7.56. The van der Waals surface area contributed by atoms with Gasteiger partial charge in [-0.25, -0.2) is 9.07 Å². The number of benzene rings is 2. The zero-order chi connectivity index (χ0) is 25.4. The molecule has 0 radical (unpaired) electrons. The normalized spacial score (nSPS) is 24.1. The Balaban J connectivity index is 1.34. The Morgan fingerprint density at radius 2 is 2.00 bits per heavy atom. The summed E-state index contributed by atoms with van der Waals surface area (Å²) in [6.07, 6.45) is 8.70. The van der Waals surface area contributed by atoms with E-state index in [1.165, 1.54) is 12.1 Å². The van der Waals surface area contributed by atoms with E-state index in [2.05, 4.69) is 32.0 Å². The van der Waals surface area contributed by atoms with Crippen molar-refractivity contribution >= 4 is 33.9 Å². The fourth-order valence-corrected chi connectivity index (χ4v) is 5.67. The van der Waals surface area contributed by atoms with E-state index in [4.69, 9.17) is 11.6 Å². The number of fused-ring (bicyclic) bond motifs is 1. The lowest BCUT2D eigenvalue weighted by atomic mass is 9.50. The highest BCUT2D eigenvalue weighted by Gasteiger charge is 2.56. The van der Waals surface area contributed by atoms with Gasteiger partial charge in [0, 0.05) is 22.8 Å². The molecule has 2 aromatic heterocycles. The minimum absolute atomic E-state index is 0.0368. The molecule has 4 aliphatic rings. The number of nitrogens with one attached hydrogen (secondary N) is 2. The second-order valence-electron chi connectivity index (χ2n) is 10.2. The van der Waals surface area contributed by atoms with E-state index >= 15 is 0 Å². The Morgan fingerprint density at radius 1 is 1.22 bits per heavy atom. The van der Waals surface area contributed by atoms with Crippen molar-refractivity contribution in [3.8, 4) is 6.07 Å². The molecule has 2 aromatic carbocycles. The summed E-state index contributed by atoms with van der Waals surface area (Å²) >= 11 is 6.70. The van der Waals surface area contributed by atoms with Gasteiger partial charge in [-0.2, -0.15) is 5.26 Å². The highest BCUT2D eigenvalue weighted by Crippen LogP contribution is 2.59. The maximum absolute atomic E-state index is 13.8. The van der Waals surface area contributed by atoms with E-state index in [0.717, 1.165) is 38.0 Å². The van der Waals surface area contributed by atoms with Gasteiger partial charge >= 0.3 is 0 Å². The van der Waals surface area contributed by atoms with Crippen LogP contribution in [0.4, 0.5) is 15.8 Å². The maximum atomic E-state index is 13.8. The molecule has 0 unspecified atom stereocenters. The van der Waals surface area contributed by atoms with Gasteiger partial charge in [0.1, 0.15) is 17.6 Å². The van der Waals surface area contributed by atoms with Crippen LogP contribution in [0.3, 0.4) is 0 Å². The Kier molecular flexibility index (Phi) is 4.50. The van der Waals surface area contributed by atoms with Crippen molar-refractivity contribution in [2.24, 2.45) is 5.92 Å². The quantitative estimate of drug-likeness (QED) is 0.324. The van der Waals surface area contributed by atoms with Gasteiger partial charge in [-0.3, -0.25) is 4.98 Å². The van der Waals surface area contributed by atoms with E-state index in [0.29, 0.717) is 50.2 Å². The standard InChI is InChI=1S/C27H23ClFN7/c28-22-8-19(7-21-24(17(12-30)13-31-26(21)22)33-27-9-15(10-27)11-27)32-25(16-1-3-18(29)4-2-16)23-14-36(35-34-23)20-5-6-20/h1-4,7-8,13-15,20,25,32H,5-6,9-11H2,(H,31,33)/t15?,25-,27?/m1/s1/i25D. The average molecular weight is 501 g/mol. The Hall–Kier alpha value is -3.70. The van der Waals surface area contributed by atoms with Gasteiger partial charge in [-0.05, 0) is 67.9 Å². The third kappa shape index (κ3) is 3.58. The predicted molar refractivity (Wildman–Crippen MR) is 135 cm³/mol. The number of anilines is 2. The molecule has 8 rings (SSSR count). The van der Waals surface area contributed by atoms with Crippen LogP contribution in [0.25, 0.3) is 10.9 Å². The van der Waals surface area contributed by atoms with Crippen LogP contribution in [0, 0.1) is 23.1 Å². The van der Waals surface area contributed by atoms with Crippen LogP contribution in [-0.4, -0.2) is 25.5 Å². The number of hydrogen-bond donors (Lipinski definition) is 2. The van der Waals surface area contributed by atoms with Gasteiger partial charge in [0.25, 0.3) is 0 Å². The number of nitrogens with zero attached hydrogens (tertiary/aromatic N) is 5. The largest absolute Gasteiger partial charge is 0.378 e. The number of hydrogen-bond acceptors (Lipinski definition) is 6. The SMILES string of the molecule is [2H][C@@](Nc1cc(Cl)c2ncc(C#N)c(NC34CC(C3)C4)c2c1)(c1ccc(F)cc1)c1cn(C2CC2)nn1. The Labute approximate surface area is 213 Å². The minimum Gasteiger partial charge on any atom is -0.378 e. The van der Waals surface area contributed by atoms with Crippen molar-refractivity contribution in [3.05, 3.63) is 76.5 Å². The van der Waals surface area contributed by atoms with Crippen LogP contribution in [0.15, 0.2) is 48.8 Å². The van der Waals surface area contributed by atoms with Crippen molar-refractivity contribution in [1.29, 1.82) is 5.26 Å². The third-order valence-corrected chi connectivity index (χ3v) is 7.85. The Morgan fingerprint density at radius 3 is 2.67 bits per heavy atom. The molecule has 2 bridgehead atoms. The van der Waals surface area contributed by atoms with Gasteiger partial charge in [-0.1, -0.05) is 28.9 Å². The molecular weight excluding hydrogens is 477 g/mol. The summed E-state index contributed by atoms with van der Waals surface area (Å²) < 4.78 is 25.1. The molecule has 4 saturated carbocycles. The fourth-order valence-electron chi connectivity index (χ4n) is 5.40. The van der Waals surface area contributed by atoms with E-state index < -0.39 is 6.02 Å². The van der Waals surface area contributed by atoms with Crippen LogP contribution >= 0.6 is 11.6 Å². The van der Waals surface area contributed by atoms with Crippen LogP contribution in [-0.2, 0) is 0 Å². The summed E-state index contributed by atoms with van der Waals surface area (Å²) in [6, 6.07) is 10.4. The fraction of sp³-hybridized carbons (Fsp3) is 0.333. The number of aromatic nitrogens is 4. The second kappa shape index (κ2) is 7.90.